The number of hydrogen-bond donors (Lipinski definition) is 1. The van der Waals surface area contributed by atoms with Crippen LogP contribution in [0.3, 0.4) is 0 Å². The van der Waals surface area contributed by atoms with Gasteiger partial charge < -0.3 is 19.4 Å². The van der Waals surface area contributed by atoms with Crippen LogP contribution in [0.5, 0.6) is 11.5 Å². The summed E-state index contributed by atoms with van der Waals surface area (Å²) in [5, 5.41) is 11.6. The van der Waals surface area contributed by atoms with E-state index in [-0.39, 0.29) is 11.7 Å². The predicted octanol–water partition coefficient (Wildman–Crippen LogP) is 2.02. The first-order valence-electron chi connectivity index (χ1n) is 7.32. The highest BCUT2D eigenvalue weighted by Gasteiger charge is 2.13. The van der Waals surface area contributed by atoms with Gasteiger partial charge in [-0.3, -0.25) is 4.79 Å². The Bertz CT molecular complexity index is 717. The summed E-state index contributed by atoms with van der Waals surface area (Å²) in [6.07, 6.45) is 0.851. The van der Waals surface area contributed by atoms with Gasteiger partial charge in [-0.1, -0.05) is 11.8 Å². The summed E-state index contributed by atoms with van der Waals surface area (Å²) in [5.41, 5.74) is 0.689. The lowest BCUT2D eigenvalue weighted by molar-refractivity contribution is -0.113. The molecule has 0 bridgehead atoms. The quantitative estimate of drug-likeness (QED) is 0.862. The SMILES string of the molecule is Cc1nnc(SCC(=O)Nc2ccc3c(c2)OCCCO3)n1C. The first kappa shape index (κ1) is 15.7. The number of ether oxygens (including phenoxy) is 2. The van der Waals surface area contributed by atoms with Gasteiger partial charge in [0.2, 0.25) is 5.91 Å². The normalized spacial score (nSPS) is 13.5. The maximum Gasteiger partial charge on any atom is 0.234 e. The molecule has 8 heteroatoms. The van der Waals surface area contributed by atoms with E-state index in [0.717, 1.165) is 17.4 Å². The lowest BCUT2D eigenvalue weighted by atomic mass is 10.2. The minimum atomic E-state index is -0.106. The lowest BCUT2D eigenvalue weighted by Crippen LogP contribution is -2.14. The van der Waals surface area contributed by atoms with Crippen molar-refractivity contribution in [2.24, 2.45) is 7.05 Å². The number of benzene rings is 1. The van der Waals surface area contributed by atoms with Crippen LogP contribution in [0.25, 0.3) is 0 Å². The van der Waals surface area contributed by atoms with Crippen LogP contribution >= 0.6 is 11.8 Å². The Hall–Kier alpha value is -2.22. The second kappa shape index (κ2) is 6.91. The monoisotopic (exact) mass is 334 g/mol. The van der Waals surface area contributed by atoms with Crippen LogP contribution in [-0.2, 0) is 11.8 Å². The number of aryl methyl sites for hydroxylation is 1. The summed E-state index contributed by atoms with van der Waals surface area (Å²) in [6, 6.07) is 5.41. The molecule has 1 amide bonds. The Morgan fingerprint density at radius 2 is 2.09 bits per heavy atom. The van der Waals surface area contributed by atoms with Crippen LogP contribution in [0.15, 0.2) is 23.4 Å². The number of fused-ring (bicyclic) bond motifs is 1. The summed E-state index contributed by atoms with van der Waals surface area (Å²) < 4.78 is 13.0. The standard InChI is InChI=1S/C15H18N4O3S/c1-10-17-18-15(19(10)2)23-9-14(20)16-11-4-5-12-13(8-11)22-7-3-6-21-12/h4-5,8H,3,6-7,9H2,1-2H3,(H,16,20). The molecule has 1 aromatic heterocycles. The van der Waals surface area contributed by atoms with Crippen LogP contribution in [0.1, 0.15) is 12.2 Å². The summed E-state index contributed by atoms with van der Waals surface area (Å²) >= 11 is 1.35. The number of anilines is 1. The van der Waals surface area contributed by atoms with E-state index < -0.39 is 0 Å². The van der Waals surface area contributed by atoms with E-state index >= 15 is 0 Å². The zero-order valence-corrected chi connectivity index (χ0v) is 13.9. The molecule has 7 nitrogen and oxygen atoms in total. The zero-order chi connectivity index (χ0) is 16.2. The van der Waals surface area contributed by atoms with Gasteiger partial charge in [-0.2, -0.15) is 0 Å². The molecule has 2 heterocycles. The number of carbonyl (C=O) groups excluding carboxylic acids is 1. The maximum atomic E-state index is 12.1. The average Bonchev–Trinajstić information content (AvgIpc) is 2.75. The molecular weight excluding hydrogens is 316 g/mol. The topological polar surface area (TPSA) is 78.3 Å². The van der Waals surface area contributed by atoms with E-state index in [1.807, 2.05) is 30.7 Å². The predicted molar refractivity (Wildman–Crippen MR) is 87.1 cm³/mol. The van der Waals surface area contributed by atoms with Gasteiger partial charge in [0, 0.05) is 25.2 Å². The van der Waals surface area contributed by atoms with Crippen molar-refractivity contribution in [2.45, 2.75) is 18.5 Å². The highest BCUT2D eigenvalue weighted by molar-refractivity contribution is 7.99. The second-order valence-electron chi connectivity index (χ2n) is 5.14. The van der Waals surface area contributed by atoms with Gasteiger partial charge in [-0.05, 0) is 19.1 Å². The first-order valence-corrected chi connectivity index (χ1v) is 8.30. The third kappa shape index (κ3) is 3.76. The molecule has 1 aliphatic heterocycles. The molecule has 1 aliphatic rings. The van der Waals surface area contributed by atoms with Crippen LogP contribution in [-0.4, -0.2) is 39.6 Å². The van der Waals surface area contributed by atoms with E-state index in [1.54, 1.807) is 6.07 Å². The van der Waals surface area contributed by atoms with Crippen LogP contribution in [0.2, 0.25) is 0 Å². The van der Waals surface area contributed by atoms with Crippen LogP contribution in [0.4, 0.5) is 5.69 Å². The van der Waals surface area contributed by atoms with Gasteiger partial charge in [0.05, 0.1) is 19.0 Å². The third-order valence-electron chi connectivity index (χ3n) is 3.42. The molecule has 1 aromatic carbocycles. The Morgan fingerprint density at radius 1 is 1.30 bits per heavy atom. The average molecular weight is 334 g/mol. The fraction of sp³-hybridized carbons (Fsp3) is 0.400. The summed E-state index contributed by atoms with van der Waals surface area (Å²) in [5.74, 6) is 2.35. The molecule has 0 spiro atoms. The summed E-state index contributed by atoms with van der Waals surface area (Å²) in [4.78, 5) is 12.1. The van der Waals surface area contributed by atoms with E-state index in [9.17, 15) is 4.79 Å². The number of carbonyl (C=O) groups is 1. The second-order valence-corrected chi connectivity index (χ2v) is 6.08. The van der Waals surface area contributed by atoms with Crippen molar-refractivity contribution in [3.05, 3.63) is 24.0 Å². The molecule has 0 fully saturated rings. The lowest BCUT2D eigenvalue weighted by Gasteiger charge is -2.10. The molecule has 0 unspecified atom stereocenters. The van der Waals surface area contributed by atoms with Crippen molar-refractivity contribution in [3.63, 3.8) is 0 Å². The van der Waals surface area contributed by atoms with Gasteiger partial charge in [-0.25, -0.2) is 0 Å². The van der Waals surface area contributed by atoms with E-state index in [0.29, 0.717) is 30.4 Å². The summed E-state index contributed by atoms with van der Waals surface area (Å²) in [7, 11) is 1.87. The number of amides is 1. The minimum absolute atomic E-state index is 0.106. The number of rotatable bonds is 4. The molecule has 23 heavy (non-hydrogen) atoms. The molecule has 0 atom stereocenters. The highest BCUT2D eigenvalue weighted by Crippen LogP contribution is 2.32. The highest BCUT2D eigenvalue weighted by atomic mass is 32.2. The Kier molecular flexibility index (Phi) is 4.71. The van der Waals surface area contributed by atoms with Gasteiger partial charge in [0.15, 0.2) is 16.7 Å². The number of nitrogens with one attached hydrogen (secondary N) is 1. The molecule has 1 N–H and O–H groups in total. The van der Waals surface area contributed by atoms with Gasteiger partial charge in [-0.15, -0.1) is 10.2 Å². The largest absolute Gasteiger partial charge is 0.490 e. The van der Waals surface area contributed by atoms with Crippen molar-refractivity contribution in [1.29, 1.82) is 0 Å². The molecule has 0 radical (unpaired) electrons. The third-order valence-corrected chi connectivity index (χ3v) is 4.44. The minimum Gasteiger partial charge on any atom is -0.490 e. The fourth-order valence-corrected chi connectivity index (χ4v) is 2.84. The number of hydrogen-bond acceptors (Lipinski definition) is 6. The Balaban J connectivity index is 1.59. The van der Waals surface area contributed by atoms with E-state index in [1.165, 1.54) is 11.8 Å². The molecular formula is C15H18N4O3S. The molecule has 122 valence electrons. The van der Waals surface area contributed by atoms with Crippen molar-refractivity contribution in [3.8, 4) is 11.5 Å². The molecule has 3 rings (SSSR count). The van der Waals surface area contributed by atoms with Gasteiger partial charge >= 0.3 is 0 Å². The van der Waals surface area contributed by atoms with E-state index in [2.05, 4.69) is 15.5 Å². The van der Waals surface area contributed by atoms with Crippen molar-refractivity contribution in [2.75, 3.05) is 24.3 Å². The maximum absolute atomic E-state index is 12.1. The molecule has 2 aromatic rings. The molecule has 0 saturated carbocycles. The smallest absolute Gasteiger partial charge is 0.234 e. The Morgan fingerprint density at radius 3 is 2.83 bits per heavy atom. The Labute approximate surface area is 138 Å². The van der Waals surface area contributed by atoms with Crippen LogP contribution < -0.4 is 14.8 Å². The zero-order valence-electron chi connectivity index (χ0n) is 13.0. The van der Waals surface area contributed by atoms with Gasteiger partial charge in [0.1, 0.15) is 5.82 Å². The summed E-state index contributed by atoms with van der Waals surface area (Å²) in [6.45, 7) is 3.13. The van der Waals surface area contributed by atoms with Crippen molar-refractivity contribution >= 4 is 23.4 Å². The molecule has 0 saturated heterocycles. The van der Waals surface area contributed by atoms with Crippen molar-refractivity contribution in [1.82, 2.24) is 14.8 Å². The number of aromatic nitrogens is 3. The van der Waals surface area contributed by atoms with Gasteiger partial charge in [0.25, 0.3) is 0 Å². The van der Waals surface area contributed by atoms with E-state index in [4.69, 9.17) is 9.47 Å². The number of thioether (sulfide) groups is 1. The van der Waals surface area contributed by atoms with Crippen LogP contribution in [0, 0.1) is 6.92 Å². The molecule has 0 aliphatic carbocycles. The fourth-order valence-electron chi connectivity index (χ4n) is 2.08. The number of nitrogens with zero attached hydrogens (tertiary/aromatic N) is 3. The van der Waals surface area contributed by atoms with Crippen molar-refractivity contribution < 1.29 is 14.3 Å². The first-order chi connectivity index (χ1) is 11.1.